The third-order valence-corrected chi connectivity index (χ3v) is 8.45. The zero-order valence-corrected chi connectivity index (χ0v) is 19.8. The van der Waals surface area contributed by atoms with Gasteiger partial charge in [0.15, 0.2) is 11.9 Å². The Morgan fingerprint density at radius 2 is 1.88 bits per heavy atom. The van der Waals surface area contributed by atoms with Crippen molar-refractivity contribution in [1.82, 2.24) is 19.7 Å². The van der Waals surface area contributed by atoms with Crippen molar-refractivity contribution in [1.29, 1.82) is 0 Å². The number of nitrogens with zero attached hydrogens (tertiary/aromatic N) is 3. The van der Waals surface area contributed by atoms with Gasteiger partial charge in [0, 0.05) is 30.7 Å². The van der Waals surface area contributed by atoms with Gasteiger partial charge < -0.3 is 20.5 Å². The molecular weight excluding hydrogens is 465 g/mol. The first kappa shape index (κ1) is 24.3. The van der Waals surface area contributed by atoms with Crippen molar-refractivity contribution in [2.24, 2.45) is 5.73 Å². The lowest BCUT2D eigenvalue weighted by Crippen LogP contribution is -2.56. The van der Waals surface area contributed by atoms with E-state index in [-0.39, 0.29) is 47.1 Å². The van der Waals surface area contributed by atoms with Crippen molar-refractivity contribution in [2.45, 2.75) is 62.7 Å². The van der Waals surface area contributed by atoms with Crippen molar-refractivity contribution < 1.29 is 26.9 Å². The SMILES string of the molecule is Cc1noc(C)c1S(=O)(=O)N1CCN(C(=O)c2cccc(F)c2)C1C(=O)NC1CCC(N)CC1. The minimum absolute atomic E-state index is 0.0260. The van der Waals surface area contributed by atoms with E-state index in [0.29, 0.717) is 12.8 Å². The van der Waals surface area contributed by atoms with E-state index in [2.05, 4.69) is 10.5 Å². The molecule has 1 aromatic carbocycles. The van der Waals surface area contributed by atoms with Gasteiger partial charge in [-0.25, -0.2) is 12.8 Å². The van der Waals surface area contributed by atoms with Crippen LogP contribution in [0.15, 0.2) is 33.7 Å². The summed E-state index contributed by atoms with van der Waals surface area (Å²) >= 11 is 0. The Bertz CT molecular complexity index is 1170. The number of hydrogen-bond donors (Lipinski definition) is 2. The van der Waals surface area contributed by atoms with E-state index in [1.165, 1.54) is 32.0 Å². The highest BCUT2D eigenvalue weighted by molar-refractivity contribution is 7.89. The Hall–Kier alpha value is -2.83. The Morgan fingerprint density at radius 3 is 2.50 bits per heavy atom. The molecule has 0 spiro atoms. The van der Waals surface area contributed by atoms with Crippen molar-refractivity contribution in [3.63, 3.8) is 0 Å². The highest BCUT2D eigenvalue weighted by atomic mass is 32.2. The summed E-state index contributed by atoms with van der Waals surface area (Å²) in [5, 5.41) is 6.62. The molecule has 2 aromatic rings. The Kier molecular flexibility index (Phi) is 6.74. The number of carbonyl (C=O) groups excluding carboxylic acids is 2. The number of nitrogens with two attached hydrogens (primary N) is 1. The predicted octanol–water partition coefficient (Wildman–Crippen LogP) is 1.29. The van der Waals surface area contributed by atoms with Gasteiger partial charge in [0.25, 0.3) is 21.8 Å². The fourth-order valence-electron chi connectivity index (χ4n) is 4.63. The van der Waals surface area contributed by atoms with Gasteiger partial charge in [0.05, 0.1) is 0 Å². The first-order valence-electron chi connectivity index (χ1n) is 11.2. The molecule has 1 saturated heterocycles. The number of carbonyl (C=O) groups is 2. The predicted molar refractivity (Wildman–Crippen MR) is 119 cm³/mol. The summed E-state index contributed by atoms with van der Waals surface area (Å²) in [4.78, 5) is 27.7. The molecule has 1 aromatic heterocycles. The maximum absolute atomic E-state index is 13.8. The lowest BCUT2D eigenvalue weighted by molar-refractivity contribution is -0.128. The molecule has 3 N–H and O–H groups in total. The van der Waals surface area contributed by atoms with Crippen LogP contribution < -0.4 is 11.1 Å². The Labute approximate surface area is 197 Å². The van der Waals surface area contributed by atoms with Gasteiger partial charge in [-0.1, -0.05) is 11.2 Å². The fourth-order valence-corrected chi connectivity index (χ4v) is 6.47. The number of aryl methyl sites for hydroxylation is 2. The minimum Gasteiger partial charge on any atom is -0.360 e. The van der Waals surface area contributed by atoms with Crippen LogP contribution in [0, 0.1) is 19.7 Å². The lowest BCUT2D eigenvalue weighted by Gasteiger charge is -2.32. The van der Waals surface area contributed by atoms with Crippen molar-refractivity contribution in [3.8, 4) is 0 Å². The second-order valence-corrected chi connectivity index (χ2v) is 10.6. The second kappa shape index (κ2) is 9.43. The molecule has 12 heteroatoms. The smallest absolute Gasteiger partial charge is 0.259 e. The monoisotopic (exact) mass is 493 g/mol. The standard InChI is InChI=1S/C22H28FN5O5S/c1-13-19(14(2)33-26-13)34(31,32)28-11-10-27(22(30)15-4-3-5-16(23)12-15)21(28)20(29)25-18-8-6-17(24)7-9-18/h3-5,12,17-18,21H,6-11,24H2,1-2H3,(H,25,29). The number of sulfonamides is 1. The molecule has 1 aliphatic heterocycles. The van der Waals surface area contributed by atoms with E-state index in [4.69, 9.17) is 10.3 Å². The summed E-state index contributed by atoms with van der Waals surface area (Å²) in [7, 11) is -4.23. The number of rotatable bonds is 5. The van der Waals surface area contributed by atoms with E-state index < -0.39 is 33.8 Å². The average Bonchev–Trinajstić information content (AvgIpc) is 3.39. The van der Waals surface area contributed by atoms with Gasteiger partial charge in [0.1, 0.15) is 16.4 Å². The Morgan fingerprint density at radius 1 is 1.18 bits per heavy atom. The van der Waals surface area contributed by atoms with Gasteiger partial charge >= 0.3 is 0 Å². The lowest BCUT2D eigenvalue weighted by atomic mass is 9.92. The molecule has 0 bridgehead atoms. The summed E-state index contributed by atoms with van der Waals surface area (Å²) in [5.41, 5.74) is 6.14. The van der Waals surface area contributed by atoms with Crippen LogP contribution in [0.1, 0.15) is 47.5 Å². The van der Waals surface area contributed by atoms with Crippen LogP contribution in [0.25, 0.3) is 0 Å². The molecule has 1 atom stereocenters. The summed E-state index contributed by atoms with van der Waals surface area (Å²) in [5.74, 6) is -1.77. The van der Waals surface area contributed by atoms with Gasteiger partial charge in [-0.05, 0) is 57.7 Å². The molecule has 1 saturated carbocycles. The van der Waals surface area contributed by atoms with Crippen LogP contribution in [0.2, 0.25) is 0 Å². The molecule has 10 nitrogen and oxygen atoms in total. The summed E-state index contributed by atoms with van der Waals surface area (Å²) < 4.78 is 46.9. The quantitative estimate of drug-likeness (QED) is 0.640. The Balaban J connectivity index is 1.68. The zero-order valence-electron chi connectivity index (χ0n) is 19.0. The third-order valence-electron chi connectivity index (χ3n) is 6.35. The normalized spacial score (nSPS) is 23.8. The van der Waals surface area contributed by atoms with E-state index in [1.54, 1.807) is 0 Å². The molecule has 4 rings (SSSR count). The van der Waals surface area contributed by atoms with Crippen LogP contribution in [-0.2, 0) is 14.8 Å². The summed E-state index contributed by atoms with van der Waals surface area (Å²) in [6.07, 6.45) is 1.36. The number of aromatic nitrogens is 1. The maximum Gasteiger partial charge on any atom is 0.259 e. The maximum atomic E-state index is 13.8. The molecular formula is C22H28FN5O5S. The number of nitrogens with one attached hydrogen (secondary N) is 1. The van der Waals surface area contributed by atoms with Crippen LogP contribution in [-0.4, -0.2) is 65.9 Å². The summed E-state index contributed by atoms with van der Waals surface area (Å²) in [6.45, 7) is 2.82. The average molecular weight is 494 g/mol. The minimum atomic E-state index is -4.23. The molecule has 2 fully saturated rings. The van der Waals surface area contributed by atoms with E-state index in [9.17, 15) is 22.4 Å². The zero-order chi connectivity index (χ0) is 24.6. The first-order chi connectivity index (χ1) is 16.1. The van der Waals surface area contributed by atoms with Crippen molar-refractivity contribution >= 4 is 21.8 Å². The number of benzene rings is 1. The number of halogens is 1. The highest BCUT2D eigenvalue weighted by Gasteiger charge is 2.48. The molecule has 0 radical (unpaired) electrons. The van der Waals surface area contributed by atoms with Crippen LogP contribution in [0.3, 0.4) is 0 Å². The van der Waals surface area contributed by atoms with E-state index >= 15 is 0 Å². The van der Waals surface area contributed by atoms with E-state index in [0.717, 1.165) is 28.1 Å². The summed E-state index contributed by atoms with van der Waals surface area (Å²) in [6, 6.07) is 4.97. The largest absolute Gasteiger partial charge is 0.360 e. The highest BCUT2D eigenvalue weighted by Crippen LogP contribution is 2.30. The fraction of sp³-hybridized carbons (Fsp3) is 0.500. The second-order valence-electron chi connectivity index (χ2n) is 8.77. The van der Waals surface area contributed by atoms with Gasteiger partial charge in [-0.15, -0.1) is 0 Å². The molecule has 1 aliphatic carbocycles. The van der Waals surface area contributed by atoms with Crippen LogP contribution >= 0.6 is 0 Å². The van der Waals surface area contributed by atoms with Crippen LogP contribution in [0.4, 0.5) is 4.39 Å². The van der Waals surface area contributed by atoms with Crippen LogP contribution in [0.5, 0.6) is 0 Å². The number of hydrogen-bond acceptors (Lipinski definition) is 7. The van der Waals surface area contributed by atoms with Crippen molar-refractivity contribution in [2.75, 3.05) is 13.1 Å². The molecule has 184 valence electrons. The van der Waals surface area contributed by atoms with E-state index in [1.807, 2.05) is 0 Å². The number of amides is 2. The molecule has 2 amide bonds. The first-order valence-corrected chi connectivity index (χ1v) is 12.6. The topological polar surface area (TPSA) is 139 Å². The molecule has 2 aliphatic rings. The molecule has 2 heterocycles. The third kappa shape index (κ3) is 4.57. The van der Waals surface area contributed by atoms with Gasteiger partial charge in [-0.2, -0.15) is 4.31 Å². The van der Waals surface area contributed by atoms with Gasteiger partial charge in [0.2, 0.25) is 0 Å². The van der Waals surface area contributed by atoms with Gasteiger partial charge in [-0.3, -0.25) is 9.59 Å². The molecule has 1 unspecified atom stereocenters. The molecule has 34 heavy (non-hydrogen) atoms. The van der Waals surface area contributed by atoms with Crippen molar-refractivity contribution in [3.05, 3.63) is 47.1 Å².